The highest BCUT2D eigenvalue weighted by Crippen LogP contribution is 2.49. The molecule has 24 heavy (non-hydrogen) atoms. The van der Waals surface area contributed by atoms with Crippen LogP contribution in [0.3, 0.4) is 0 Å². The van der Waals surface area contributed by atoms with E-state index in [1.807, 2.05) is 30.3 Å². The first-order chi connectivity index (χ1) is 11.8. The van der Waals surface area contributed by atoms with E-state index in [1.165, 1.54) is 19.3 Å². The van der Waals surface area contributed by atoms with Crippen molar-refractivity contribution in [3.63, 3.8) is 0 Å². The SMILES string of the molecule is N#CC1=C(N)Oc2n[nH]c(-c3ccccc3)c2[C@H]1C1CCCCC1. The lowest BCUT2D eigenvalue weighted by molar-refractivity contribution is 0.297. The summed E-state index contributed by atoms with van der Waals surface area (Å²) >= 11 is 0. The van der Waals surface area contributed by atoms with Gasteiger partial charge in [0.25, 0.3) is 0 Å². The molecule has 0 radical (unpaired) electrons. The van der Waals surface area contributed by atoms with Crippen LogP contribution < -0.4 is 10.5 Å². The highest BCUT2D eigenvalue weighted by molar-refractivity contribution is 5.69. The van der Waals surface area contributed by atoms with E-state index in [2.05, 4.69) is 16.3 Å². The lowest BCUT2D eigenvalue weighted by Crippen LogP contribution is -2.26. The molecule has 5 heteroatoms. The van der Waals surface area contributed by atoms with Crippen LogP contribution in [0.1, 0.15) is 43.6 Å². The van der Waals surface area contributed by atoms with E-state index in [9.17, 15) is 5.26 Å². The highest BCUT2D eigenvalue weighted by Gasteiger charge is 2.39. The van der Waals surface area contributed by atoms with Gasteiger partial charge in [-0.3, -0.25) is 5.10 Å². The van der Waals surface area contributed by atoms with Crippen molar-refractivity contribution >= 4 is 0 Å². The summed E-state index contributed by atoms with van der Waals surface area (Å²) in [6.07, 6.45) is 5.90. The molecule has 1 fully saturated rings. The normalized spacial score (nSPS) is 21.0. The Bertz CT molecular complexity index is 810. The minimum Gasteiger partial charge on any atom is -0.420 e. The van der Waals surface area contributed by atoms with Crippen molar-refractivity contribution in [1.82, 2.24) is 10.2 Å². The molecule has 1 aromatic carbocycles. The first kappa shape index (κ1) is 14.8. The van der Waals surface area contributed by atoms with Gasteiger partial charge in [0.05, 0.1) is 16.8 Å². The number of H-pyrrole nitrogens is 1. The number of nitrogens with zero attached hydrogens (tertiary/aromatic N) is 2. The predicted octanol–water partition coefficient (Wildman–Crippen LogP) is 3.83. The molecule has 1 atom stereocenters. The Morgan fingerprint density at radius 1 is 1.17 bits per heavy atom. The van der Waals surface area contributed by atoms with Crippen LogP contribution in [0.2, 0.25) is 0 Å². The Morgan fingerprint density at radius 2 is 1.92 bits per heavy atom. The molecule has 0 bridgehead atoms. The van der Waals surface area contributed by atoms with E-state index in [0.29, 0.717) is 17.4 Å². The molecule has 2 aliphatic rings. The van der Waals surface area contributed by atoms with Gasteiger partial charge >= 0.3 is 0 Å². The minimum absolute atomic E-state index is 0.0343. The summed E-state index contributed by atoms with van der Waals surface area (Å²) in [5.41, 5.74) is 9.55. The maximum Gasteiger partial charge on any atom is 0.244 e. The van der Waals surface area contributed by atoms with Gasteiger partial charge in [0.15, 0.2) is 0 Å². The molecule has 0 spiro atoms. The summed E-state index contributed by atoms with van der Waals surface area (Å²) in [6.45, 7) is 0. The second-order valence-electron chi connectivity index (χ2n) is 6.55. The Morgan fingerprint density at radius 3 is 2.62 bits per heavy atom. The number of rotatable bonds is 2. The summed E-state index contributed by atoms with van der Waals surface area (Å²) in [5.74, 6) is 1.09. The summed E-state index contributed by atoms with van der Waals surface area (Å²) in [5, 5.41) is 17.1. The molecule has 0 amide bonds. The summed E-state index contributed by atoms with van der Waals surface area (Å²) in [4.78, 5) is 0. The number of nitrogens with one attached hydrogen (secondary N) is 1. The zero-order valence-electron chi connectivity index (χ0n) is 13.5. The molecule has 4 rings (SSSR count). The molecule has 1 aromatic heterocycles. The maximum absolute atomic E-state index is 9.69. The molecule has 1 aliphatic heterocycles. The average Bonchev–Trinajstić information content (AvgIpc) is 3.05. The Balaban J connectivity index is 1.86. The minimum atomic E-state index is -0.0343. The lowest BCUT2D eigenvalue weighted by Gasteiger charge is -2.33. The third kappa shape index (κ3) is 2.35. The fraction of sp³-hybridized carbons (Fsp3) is 0.368. The molecule has 5 nitrogen and oxygen atoms in total. The molecule has 1 saturated carbocycles. The average molecular weight is 320 g/mol. The number of aromatic amines is 1. The highest BCUT2D eigenvalue weighted by atomic mass is 16.5. The Kier molecular flexibility index (Phi) is 3.73. The lowest BCUT2D eigenvalue weighted by atomic mass is 9.72. The number of hydrogen-bond donors (Lipinski definition) is 2. The maximum atomic E-state index is 9.69. The van der Waals surface area contributed by atoms with Crippen molar-refractivity contribution in [2.75, 3.05) is 0 Å². The topological polar surface area (TPSA) is 87.7 Å². The quantitative estimate of drug-likeness (QED) is 0.880. The van der Waals surface area contributed by atoms with Gasteiger partial charge < -0.3 is 10.5 Å². The van der Waals surface area contributed by atoms with Crippen LogP contribution in [0, 0.1) is 17.2 Å². The Labute approximate surface area is 141 Å². The van der Waals surface area contributed by atoms with Crippen molar-refractivity contribution < 1.29 is 4.74 Å². The van der Waals surface area contributed by atoms with Crippen LogP contribution in [-0.4, -0.2) is 10.2 Å². The second-order valence-corrected chi connectivity index (χ2v) is 6.55. The van der Waals surface area contributed by atoms with Gasteiger partial charge in [0.1, 0.15) is 6.07 Å². The molecule has 3 N–H and O–H groups in total. The van der Waals surface area contributed by atoms with E-state index < -0.39 is 0 Å². The van der Waals surface area contributed by atoms with E-state index >= 15 is 0 Å². The summed E-state index contributed by atoms with van der Waals surface area (Å²) in [7, 11) is 0. The van der Waals surface area contributed by atoms with Crippen LogP contribution in [0.4, 0.5) is 0 Å². The van der Waals surface area contributed by atoms with Crippen molar-refractivity contribution in [2.24, 2.45) is 11.7 Å². The third-order valence-electron chi connectivity index (χ3n) is 5.17. The van der Waals surface area contributed by atoms with Crippen molar-refractivity contribution in [2.45, 2.75) is 38.0 Å². The number of benzene rings is 1. The standard InChI is InChI=1S/C19H20N4O/c20-11-14-15(12-7-3-1-4-8-12)16-17(13-9-5-2-6-10-13)22-23-19(16)24-18(14)21/h2,5-6,9-10,12,15H,1,3-4,7-8,21H2,(H,22,23)/t15-/m0/s1. The molecule has 1 aliphatic carbocycles. The zero-order valence-corrected chi connectivity index (χ0v) is 13.5. The van der Waals surface area contributed by atoms with Gasteiger partial charge in [0.2, 0.25) is 11.8 Å². The van der Waals surface area contributed by atoms with Gasteiger partial charge in [-0.1, -0.05) is 49.6 Å². The van der Waals surface area contributed by atoms with Crippen LogP contribution in [0.25, 0.3) is 11.3 Å². The third-order valence-corrected chi connectivity index (χ3v) is 5.17. The van der Waals surface area contributed by atoms with E-state index in [0.717, 1.165) is 29.7 Å². The van der Waals surface area contributed by atoms with Crippen LogP contribution >= 0.6 is 0 Å². The second kappa shape index (κ2) is 6.04. The number of hydrogen-bond acceptors (Lipinski definition) is 4. The Hall–Kier alpha value is -2.74. The number of allylic oxidation sites excluding steroid dienone is 1. The first-order valence-electron chi connectivity index (χ1n) is 8.51. The molecule has 122 valence electrons. The molecular formula is C19H20N4O. The zero-order chi connectivity index (χ0) is 16.5. The van der Waals surface area contributed by atoms with Gasteiger partial charge in [-0.15, -0.1) is 5.10 Å². The number of ether oxygens (including phenoxy) is 1. The summed E-state index contributed by atoms with van der Waals surface area (Å²) < 4.78 is 5.65. The smallest absolute Gasteiger partial charge is 0.244 e. The molecule has 0 saturated heterocycles. The van der Waals surface area contributed by atoms with E-state index in [-0.39, 0.29) is 11.8 Å². The van der Waals surface area contributed by atoms with Gasteiger partial charge in [0, 0.05) is 5.92 Å². The summed E-state index contributed by atoms with van der Waals surface area (Å²) in [6, 6.07) is 12.4. The molecular weight excluding hydrogens is 300 g/mol. The van der Waals surface area contributed by atoms with Crippen LogP contribution in [-0.2, 0) is 0 Å². The molecule has 2 heterocycles. The predicted molar refractivity (Wildman–Crippen MR) is 90.8 cm³/mol. The number of nitriles is 1. The van der Waals surface area contributed by atoms with Gasteiger partial charge in [-0.2, -0.15) is 5.26 Å². The first-order valence-corrected chi connectivity index (χ1v) is 8.51. The molecule has 2 aromatic rings. The number of nitrogens with two attached hydrogens (primary N) is 1. The van der Waals surface area contributed by atoms with E-state index in [4.69, 9.17) is 10.5 Å². The van der Waals surface area contributed by atoms with Crippen LogP contribution in [0.15, 0.2) is 41.8 Å². The molecule has 0 unspecified atom stereocenters. The monoisotopic (exact) mass is 320 g/mol. The number of fused-ring (bicyclic) bond motifs is 1. The van der Waals surface area contributed by atoms with E-state index in [1.54, 1.807) is 0 Å². The van der Waals surface area contributed by atoms with Crippen LogP contribution in [0.5, 0.6) is 5.88 Å². The fourth-order valence-corrected chi connectivity index (χ4v) is 4.05. The van der Waals surface area contributed by atoms with Crippen molar-refractivity contribution in [3.8, 4) is 23.2 Å². The largest absolute Gasteiger partial charge is 0.420 e. The number of aromatic nitrogens is 2. The van der Waals surface area contributed by atoms with Gasteiger partial charge in [-0.25, -0.2) is 0 Å². The fourth-order valence-electron chi connectivity index (χ4n) is 4.05. The van der Waals surface area contributed by atoms with Gasteiger partial charge in [-0.05, 0) is 24.3 Å². The van der Waals surface area contributed by atoms with Crippen molar-refractivity contribution in [1.29, 1.82) is 5.26 Å². The van der Waals surface area contributed by atoms with Crippen molar-refractivity contribution in [3.05, 3.63) is 47.4 Å².